The van der Waals surface area contributed by atoms with Gasteiger partial charge in [-0.2, -0.15) is 0 Å². The first-order valence-corrected chi connectivity index (χ1v) is 7.89. The first kappa shape index (κ1) is 16.6. The number of hydrogen-bond donors (Lipinski definition) is 2. The average molecular weight is 337 g/mol. The highest BCUT2D eigenvalue weighted by atomic mass is 16.5. The van der Waals surface area contributed by atoms with Crippen molar-refractivity contribution < 1.29 is 9.32 Å². The zero-order valence-electron chi connectivity index (χ0n) is 14.3. The fourth-order valence-electron chi connectivity index (χ4n) is 2.28. The van der Waals surface area contributed by atoms with Gasteiger partial charge in [-0.15, -0.1) is 0 Å². The summed E-state index contributed by atoms with van der Waals surface area (Å²) in [6, 6.07) is 11.3. The Bertz CT molecular complexity index is 887. The van der Waals surface area contributed by atoms with Gasteiger partial charge in [-0.1, -0.05) is 35.0 Å². The van der Waals surface area contributed by atoms with Gasteiger partial charge in [-0.05, 0) is 26.3 Å². The number of anilines is 2. The van der Waals surface area contributed by atoms with Gasteiger partial charge in [0.05, 0.1) is 0 Å². The first-order valence-electron chi connectivity index (χ1n) is 7.89. The third-order valence-electron chi connectivity index (χ3n) is 3.53. The molecule has 2 N–H and O–H groups in total. The Labute approximate surface area is 145 Å². The molecule has 2 aromatic heterocycles. The van der Waals surface area contributed by atoms with Crippen molar-refractivity contribution in [1.82, 2.24) is 20.4 Å². The molecular formula is C18H19N5O2. The molecule has 3 aromatic rings. The van der Waals surface area contributed by atoms with Crippen LogP contribution >= 0.6 is 0 Å². The molecule has 0 saturated heterocycles. The molecule has 2 heterocycles. The van der Waals surface area contributed by atoms with Crippen LogP contribution in [0, 0.1) is 20.8 Å². The van der Waals surface area contributed by atoms with Crippen LogP contribution in [0.15, 0.2) is 40.9 Å². The number of amides is 1. The van der Waals surface area contributed by atoms with Gasteiger partial charge in [-0.25, -0.2) is 9.97 Å². The van der Waals surface area contributed by atoms with E-state index in [1.165, 1.54) is 5.56 Å². The summed E-state index contributed by atoms with van der Waals surface area (Å²) in [6.07, 6.45) is 0. The van der Waals surface area contributed by atoms with Crippen LogP contribution in [-0.2, 0) is 6.54 Å². The molecule has 0 radical (unpaired) electrons. The normalized spacial score (nSPS) is 10.5. The van der Waals surface area contributed by atoms with Gasteiger partial charge >= 0.3 is 0 Å². The molecule has 0 saturated carbocycles. The van der Waals surface area contributed by atoms with E-state index in [4.69, 9.17) is 4.52 Å². The SMILES string of the molecule is Cc1ccc(CNC(=O)c2cc(Nc3cc(C)on3)nc(C)n2)cc1. The summed E-state index contributed by atoms with van der Waals surface area (Å²) in [5.41, 5.74) is 2.50. The fraction of sp³-hybridized carbons (Fsp3) is 0.222. The lowest BCUT2D eigenvalue weighted by molar-refractivity contribution is 0.0945. The van der Waals surface area contributed by atoms with Crippen LogP contribution in [0.1, 0.15) is 33.2 Å². The number of hydrogen-bond acceptors (Lipinski definition) is 6. The van der Waals surface area contributed by atoms with Crippen molar-refractivity contribution in [2.24, 2.45) is 0 Å². The lowest BCUT2D eigenvalue weighted by atomic mass is 10.1. The number of carbonyl (C=O) groups is 1. The summed E-state index contributed by atoms with van der Waals surface area (Å²) in [5.74, 6) is 1.93. The number of aryl methyl sites for hydroxylation is 3. The zero-order chi connectivity index (χ0) is 17.8. The largest absolute Gasteiger partial charge is 0.360 e. The van der Waals surface area contributed by atoms with Crippen LogP contribution in [0.25, 0.3) is 0 Å². The summed E-state index contributed by atoms with van der Waals surface area (Å²) in [4.78, 5) is 20.8. The van der Waals surface area contributed by atoms with Crippen molar-refractivity contribution in [3.05, 3.63) is 64.8 Å². The second kappa shape index (κ2) is 7.12. The topological polar surface area (TPSA) is 92.9 Å². The minimum absolute atomic E-state index is 0.259. The van der Waals surface area contributed by atoms with E-state index in [2.05, 4.69) is 25.8 Å². The molecule has 0 fully saturated rings. The van der Waals surface area contributed by atoms with E-state index in [0.717, 1.165) is 5.56 Å². The molecule has 7 nitrogen and oxygen atoms in total. The van der Waals surface area contributed by atoms with Gasteiger partial charge < -0.3 is 15.2 Å². The Kier molecular flexibility index (Phi) is 4.74. The Morgan fingerprint density at radius 1 is 1.04 bits per heavy atom. The van der Waals surface area contributed by atoms with Crippen molar-refractivity contribution in [3.63, 3.8) is 0 Å². The van der Waals surface area contributed by atoms with Crippen LogP contribution in [0.3, 0.4) is 0 Å². The second-order valence-electron chi connectivity index (χ2n) is 5.80. The van der Waals surface area contributed by atoms with Crippen LogP contribution in [-0.4, -0.2) is 21.0 Å². The van der Waals surface area contributed by atoms with E-state index in [1.54, 1.807) is 26.0 Å². The summed E-state index contributed by atoms with van der Waals surface area (Å²) < 4.78 is 5.01. The molecule has 3 rings (SSSR count). The van der Waals surface area contributed by atoms with Gasteiger partial charge in [0.25, 0.3) is 5.91 Å². The van der Waals surface area contributed by atoms with Crippen LogP contribution in [0.2, 0.25) is 0 Å². The quantitative estimate of drug-likeness (QED) is 0.743. The molecule has 0 aliphatic heterocycles. The summed E-state index contributed by atoms with van der Waals surface area (Å²) in [7, 11) is 0. The number of carbonyl (C=O) groups excluding carboxylic acids is 1. The van der Waals surface area contributed by atoms with Gasteiger partial charge in [0.2, 0.25) is 0 Å². The molecule has 1 aromatic carbocycles. The van der Waals surface area contributed by atoms with Gasteiger partial charge in [0.15, 0.2) is 5.82 Å². The van der Waals surface area contributed by atoms with Crippen molar-refractivity contribution in [3.8, 4) is 0 Å². The molecule has 25 heavy (non-hydrogen) atoms. The lowest BCUT2D eigenvalue weighted by Crippen LogP contribution is -2.24. The summed E-state index contributed by atoms with van der Waals surface area (Å²) in [5, 5.41) is 9.72. The van der Waals surface area contributed by atoms with E-state index in [1.807, 2.05) is 31.2 Å². The minimum Gasteiger partial charge on any atom is -0.360 e. The number of nitrogens with one attached hydrogen (secondary N) is 2. The number of rotatable bonds is 5. The van der Waals surface area contributed by atoms with E-state index >= 15 is 0 Å². The second-order valence-corrected chi connectivity index (χ2v) is 5.80. The first-order chi connectivity index (χ1) is 12.0. The fourth-order valence-corrected chi connectivity index (χ4v) is 2.28. The predicted octanol–water partition coefficient (Wildman–Crippen LogP) is 3.06. The monoisotopic (exact) mass is 337 g/mol. The summed E-state index contributed by atoms with van der Waals surface area (Å²) >= 11 is 0. The van der Waals surface area contributed by atoms with Gasteiger partial charge in [0, 0.05) is 18.7 Å². The molecule has 128 valence electrons. The highest BCUT2D eigenvalue weighted by molar-refractivity contribution is 5.93. The van der Waals surface area contributed by atoms with E-state index in [0.29, 0.717) is 35.5 Å². The molecular weight excluding hydrogens is 318 g/mol. The lowest BCUT2D eigenvalue weighted by Gasteiger charge is -2.08. The van der Waals surface area contributed by atoms with Crippen molar-refractivity contribution in [1.29, 1.82) is 0 Å². The van der Waals surface area contributed by atoms with Gasteiger partial charge in [-0.3, -0.25) is 4.79 Å². The predicted molar refractivity (Wildman–Crippen MR) is 93.6 cm³/mol. The van der Waals surface area contributed by atoms with Crippen LogP contribution in [0.4, 0.5) is 11.6 Å². The van der Waals surface area contributed by atoms with E-state index < -0.39 is 0 Å². The molecule has 0 bridgehead atoms. The average Bonchev–Trinajstić information content (AvgIpc) is 2.98. The molecule has 0 aliphatic rings. The van der Waals surface area contributed by atoms with Crippen molar-refractivity contribution in [2.45, 2.75) is 27.3 Å². The number of benzene rings is 1. The maximum absolute atomic E-state index is 12.4. The van der Waals surface area contributed by atoms with E-state index in [-0.39, 0.29) is 5.91 Å². The molecule has 0 unspecified atom stereocenters. The van der Waals surface area contributed by atoms with Crippen molar-refractivity contribution >= 4 is 17.5 Å². The highest BCUT2D eigenvalue weighted by Gasteiger charge is 2.11. The molecule has 0 spiro atoms. The molecule has 0 atom stereocenters. The third kappa shape index (κ3) is 4.41. The maximum Gasteiger partial charge on any atom is 0.270 e. The van der Waals surface area contributed by atoms with Crippen LogP contribution in [0.5, 0.6) is 0 Å². The smallest absolute Gasteiger partial charge is 0.270 e. The Morgan fingerprint density at radius 3 is 2.48 bits per heavy atom. The van der Waals surface area contributed by atoms with E-state index in [9.17, 15) is 4.79 Å². The molecule has 1 amide bonds. The Hall–Kier alpha value is -3.22. The maximum atomic E-state index is 12.4. The summed E-state index contributed by atoms with van der Waals surface area (Å²) in [6.45, 7) is 5.99. The Morgan fingerprint density at radius 2 is 1.80 bits per heavy atom. The number of nitrogens with zero attached hydrogens (tertiary/aromatic N) is 3. The third-order valence-corrected chi connectivity index (χ3v) is 3.53. The minimum atomic E-state index is -0.259. The molecule has 0 aliphatic carbocycles. The standard InChI is InChI=1S/C18H19N5O2/c1-11-4-6-14(7-5-11)10-19-18(24)15-9-16(21-13(3)20-15)22-17-8-12(2)25-23-17/h4-9H,10H2,1-3H3,(H,19,24)(H,20,21,22,23). The molecule has 7 heteroatoms. The van der Waals surface area contributed by atoms with Gasteiger partial charge in [0.1, 0.15) is 23.1 Å². The number of aromatic nitrogens is 3. The van der Waals surface area contributed by atoms with Crippen molar-refractivity contribution in [2.75, 3.05) is 5.32 Å². The Balaban J connectivity index is 1.70. The van der Waals surface area contributed by atoms with Crippen LogP contribution < -0.4 is 10.6 Å². The zero-order valence-corrected chi connectivity index (χ0v) is 14.3. The highest BCUT2D eigenvalue weighted by Crippen LogP contribution is 2.15.